The van der Waals surface area contributed by atoms with Gasteiger partial charge in [-0.1, -0.05) is 24.3 Å². The quantitative estimate of drug-likeness (QED) is 0.712. The first-order valence-electron chi connectivity index (χ1n) is 9.34. The third-order valence-electron chi connectivity index (χ3n) is 4.20. The molecule has 5 nitrogen and oxygen atoms in total. The van der Waals surface area contributed by atoms with Gasteiger partial charge in [-0.15, -0.1) is 0 Å². The lowest BCUT2D eigenvalue weighted by Gasteiger charge is -2.18. The largest absolute Gasteiger partial charge is 0.490 e. The van der Waals surface area contributed by atoms with E-state index in [2.05, 4.69) is 5.32 Å². The molecule has 0 fully saturated rings. The number of amides is 1. The van der Waals surface area contributed by atoms with Crippen LogP contribution >= 0.6 is 0 Å². The lowest BCUT2D eigenvalue weighted by atomic mass is 10.1. The van der Waals surface area contributed by atoms with E-state index in [1.165, 1.54) is 0 Å². The average molecular weight is 371 g/mol. The van der Waals surface area contributed by atoms with Crippen LogP contribution in [0.25, 0.3) is 0 Å². The van der Waals surface area contributed by atoms with Crippen molar-refractivity contribution < 1.29 is 19.0 Å². The average Bonchev–Trinajstić information content (AvgIpc) is 2.63. The fourth-order valence-electron chi connectivity index (χ4n) is 2.87. The summed E-state index contributed by atoms with van der Waals surface area (Å²) in [6.07, 6.45) is 0. The summed E-state index contributed by atoms with van der Waals surface area (Å²) in [4.78, 5) is 12.3. The van der Waals surface area contributed by atoms with Crippen LogP contribution in [-0.4, -0.2) is 25.7 Å². The van der Waals surface area contributed by atoms with E-state index in [9.17, 15) is 4.79 Å². The molecule has 0 saturated heterocycles. The van der Waals surface area contributed by atoms with Crippen LogP contribution in [0.15, 0.2) is 36.4 Å². The topological polar surface area (TPSA) is 56.8 Å². The second-order valence-corrected chi connectivity index (χ2v) is 6.37. The van der Waals surface area contributed by atoms with Gasteiger partial charge in [0.05, 0.1) is 19.3 Å². The van der Waals surface area contributed by atoms with Crippen LogP contribution in [0.1, 0.15) is 43.5 Å². The summed E-state index contributed by atoms with van der Waals surface area (Å²) < 4.78 is 17.0. The van der Waals surface area contributed by atoms with Crippen molar-refractivity contribution in [2.45, 2.75) is 40.7 Å². The zero-order valence-electron chi connectivity index (χ0n) is 16.8. The third-order valence-corrected chi connectivity index (χ3v) is 4.20. The van der Waals surface area contributed by atoms with Crippen LogP contribution in [0, 0.1) is 13.8 Å². The smallest absolute Gasteiger partial charge is 0.258 e. The van der Waals surface area contributed by atoms with Gasteiger partial charge in [0.15, 0.2) is 18.1 Å². The Kier molecular flexibility index (Phi) is 7.53. The van der Waals surface area contributed by atoms with Gasteiger partial charge < -0.3 is 19.5 Å². The van der Waals surface area contributed by atoms with Crippen LogP contribution < -0.4 is 19.5 Å². The van der Waals surface area contributed by atoms with Crippen LogP contribution in [0.4, 0.5) is 0 Å². The van der Waals surface area contributed by atoms with Crippen molar-refractivity contribution in [1.29, 1.82) is 0 Å². The fraction of sp³-hybridized carbons (Fsp3) is 0.409. The molecule has 0 radical (unpaired) electrons. The number of hydrogen-bond donors (Lipinski definition) is 1. The summed E-state index contributed by atoms with van der Waals surface area (Å²) >= 11 is 0. The zero-order valence-corrected chi connectivity index (χ0v) is 16.8. The van der Waals surface area contributed by atoms with Crippen LogP contribution in [0.3, 0.4) is 0 Å². The van der Waals surface area contributed by atoms with Crippen LogP contribution in [0.2, 0.25) is 0 Å². The Morgan fingerprint density at radius 2 is 1.59 bits per heavy atom. The Hall–Kier alpha value is -2.69. The first-order valence-corrected chi connectivity index (χ1v) is 9.34. The molecule has 27 heavy (non-hydrogen) atoms. The minimum Gasteiger partial charge on any atom is -0.490 e. The SMILES string of the molecule is CCOc1ccc([C@H](C)NC(=O)COc2c(C)cccc2C)cc1OCC. The van der Waals surface area contributed by atoms with E-state index >= 15 is 0 Å². The molecule has 5 heteroatoms. The van der Waals surface area contributed by atoms with Crippen molar-refractivity contribution in [3.63, 3.8) is 0 Å². The van der Waals surface area contributed by atoms with E-state index in [0.717, 1.165) is 22.4 Å². The van der Waals surface area contributed by atoms with E-state index in [-0.39, 0.29) is 18.6 Å². The summed E-state index contributed by atoms with van der Waals surface area (Å²) in [5.41, 5.74) is 2.98. The minimum atomic E-state index is -0.172. The van der Waals surface area contributed by atoms with Gasteiger partial charge in [-0.3, -0.25) is 4.79 Å². The molecule has 0 bridgehead atoms. The van der Waals surface area contributed by atoms with Gasteiger partial charge in [0.2, 0.25) is 0 Å². The number of nitrogens with one attached hydrogen (secondary N) is 1. The van der Waals surface area contributed by atoms with Gasteiger partial charge in [0.25, 0.3) is 5.91 Å². The minimum absolute atomic E-state index is 0.0224. The number of hydrogen-bond acceptors (Lipinski definition) is 4. The standard InChI is InChI=1S/C22H29NO4/c1-6-25-19-12-11-18(13-20(19)26-7-2)17(5)23-21(24)14-27-22-15(3)9-8-10-16(22)4/h8-13,17H,6-7,14H2,1-5H3,(H,23,24)/t17-/m0/s1. The number of ether oxygens (including phenoxy) is 3. The molecule has 1 N–H and O–H groups in total. The normalized spacial score (nSPS) is 11.6. The lowest BCUT2D eigenvalue weighted by Crippen LogP contribution is -2.31. The Balaban J connectivity index is 2.00. The van der Waals surface area contributed by atoms with Gasteiger partial charge >= 0.3 is 0 Å². The Bertz CT molecular complexity index is 753. The second kappa shape index (κ2) is 9.86. The molecule has 2 aromatic carbocycles. The number of aryl methyl sites for hydroxylation is 2. The van der Waals surface area contributed by atoms with Crippen LogP contribution in [0.5, 0.6) is 17.2 Å². The molecule has 0 heterocycles. The van der Waals surface area contributed by atoms with E-state index in [1.54, 1.807) is 0 Å². The van der Waals surface area contributed by atoms with Crippen molar-refractivity contribution >= 4 is 5.91 Å². The first kappa shape index (κ1) is 20.6. The highest BCUT2D eigenvalue weighted by Gasteiger charge is 2.14. The predicted octanol–water partition coefficient (Wildman–Crippen LogP) is 4.36. The molecule has 0 aliphatic rings. The number of carbonyl (C=O) groups excluding carboxylic acids is 1. The number of rotatable bonds is 9. The van der Waals surface area contributed by atoms with E-state index < -0.39 is 0 Å². The van der Waals surface area contributed by atoms with Crippen molar-refractivity contribution in [2.75, 3.05) is 19.8 Å². The maximum atomic E-state index is 12.3. The molecule has 146 valence electrons. The monoisotopic (exact) mass is 371 g/mol. The maximum absolute atomic E-state index is 12.3. The summed E-state index contributed by atoms with van der Waals surface area (Å²) in [6.45, 7) is 10.8. The summed E-state index contributed by atoms with van der Waals surface area (Å²) in [5, 5.41) is 2.97. The van der Waals surface area contributed by atoms with Crippen molar-refractivity contribution in [1.82, 2.24) is 5.32 Å². The molecule has 0 aliphatic heterocycles. The highest BCUT2D eigenvalue weighted by atomic mass is 16.5. The van der Waals surface area contributed by atoms with Gasteiger partial charge in [-0.2, -0.15) is 0 Å². The fourth-order valence-corrected chi connectivity index (χ4v) is 2.87. The second-order valence-electron chi connectivity index (χ2n) is 6.37. The summed E-state index contributed by atoms with van der Waals surface area (Å²) in [5.74, 6) is 1.99. The summed E-state index contributed by atoms with van der Waals surface area (Å²) in [7, 11) is 0. The molecule has 2 rings (SSSR count). The molecule has 0 aliphatic carbocycles. The summed E-state index contributed by atoms with van der Waals surface area (Å²) in [6, 6.07) is 11.5. The number of para-hydroxylation sites is 1. The highest BCUT2D eigenvalue weighted by Crippen LogP contribution is 2.30. The van der Waals surface area contributed by atoms with Crippen molar-refractivity contribution in [3.8, 4) is 17.2 Å². The van der Waals surface area contributed by atoms with E-state index in [1.807, 2.05) is 71.0 Å². The Morgan fingerprint density at radius 1 is 0.963 bits per heavy atom. The van der Waals surface area contributed by atoms with Gasteiger partial charge in [0.1, 0.15) is 5.75 Å². The first-order chi connectivity index (χ1) is 13.0. The molecule has 0 aromatic heterocycles. The van der Waals surface area contributed by atoms with Gasteiger partial charge in [-0.25, -0.2) is 0 Å². The maximum Gasteiger partial charge on any atom is 0.258 e. The van der Waals surface area contributed by atoms with Crippen molar-refractivity contribution in [2.24, 2.45) is 0 Å². The molecule has 0 spiro atoms. The number of benzene rings is 2. The highest BCUT2D eigenvalue weighted by molar-refractivity contribution is 5.78. The molecule has 0 saturated carbocycles. The molecular weight excluding hydrogens is 342 g/mol. The van der Waals surface area contributed by atoms with E-state index in [0.29, 0.717) is 24.7 Å². The lowest BCUT2D eigenvalue weighted by molar-refractivity contribution is -0.123. The zero-order chi connectivity index (χ0) is 19.8. The van der Waals surface area contributed by atoms with Gasteiger partial charge in [-0.05, 0) is 63.4 Å². The van der Waals surface area contributed by atoms with Crippen LogP contribution in [-0.2, 0) is 4.79 Å². The van der Waals surface area contributed by atoms with Gasteiger partial charge in [0, 0.05) is 0 Å². The number of carbonyl (C=O) groups is 1. The molecule has 0 unspecified atom stereocenters. The molecule has 2 aromatic rings. The molecule has 1 amide bonds. The van der Waals surface area contributed by atoms with E-state index in [4.69, 9.17) is 14.2 Å². The molecule has 1 atom stereocenters. The Morgan fingerprint density at radius 3 is 2.22 bits per heavy atom. The van der Waals surface area contributed by atoms with Crippen molar-refractivity contribution in [3.05, 3.63) is 53.1 Å². The molecular formula is C22H29NO4. The third kappa shape index (κ3) is 5.64. The predicted molar refractivity (Wildman–Crippen MR) is 107 cm³/mol. The Labute approximate surface area is 161 Å².